The van der Waals surface area contributed by atoms with Gasteiger partial charge in [-0.2, -0.15) is 0 Å². The number of rotatable bonds is 5. The van der Waals surface area contributed by atoms with E-state index in [0.717, 1.165) is 60.1 Å². The largest absolute Gasteiger partial charge is 0.474 e. The number of hydrogen-bond acceptors (Lipinski definition) is 8. The van der Waals surface area contributed by atoms with Crippen LogP contribution in [0.4, 0.5) is 22.9 Å². The monoisotopic (exact) mass is 465 g/mol. The quantitative estimate of drug-likeness (QED) is 0.592. The van der Waals surface area contributed by atoms with Gasteiger partial charge >= 0.3 is 0 Å². The van der Waals surface area contributed by atoms with E-state index < -0.39 is 9.84 Å². The predicted octanol–water partition coefficient (Wildman–Crippen LogP) is 3.44. The van der Waals surface area contributed by atoms with Crippen LogP contribution < -0.4 is 20.3 Å². The lowest BCUT2D eigenvalue weighted by Crippen LogP contribution is -2.32. The maximum atomic E-state index is 11.5. The first-order valence-electron chi connectivity index (χ1n) is 11.0. The Morgan fingerprint density at radius 1 is 1.15 bits per heavy atom. The molecule has 0 aliphatic carbocycles. The van der Waals surface area contributed by atoms with E-state index in [9.17, 15) is 8.42 Å². The van der Waals surface area contributed by atoms with Crippen molar-refractivity contribution < 1.29 is 13.2 Å². The molecule has 5 rings (SSSR count). The second kappa shape index (κ2) is 8.55. The molecule has 0 unspecified atom stereocenters. The Hall–Kier alpha value is -3.33. The molecule has 0 spiro atoms. The summed E-state index contributed by atoms with van der Waals surface area (Å²) in [6, 6.07) is 9.51. The van der Waals surface area contributed by atoms with Gasteiger partial charge in [0.15, 0.2) is 9.84 Å². The SMILES string of the molecule is Cc1c(N2CCc3cnc(Nc4ccc(CS(C)(=O)=O)cc4)cc3C2)cnc2c1NCCO2. The van der Waals surface area contributed by atoms with Gasteiger partial charge in [-0.25, -0.2) is 18.4 Å². The Labute approximate surface area is 193 Å². The fourth-order valence-electron chi connectivity index (χ4n) is 4.38. The van der Waals surface area contributed by atoms with Crippen LogP contribution in [0.5, 0.6) is 5.88 Å². The first-order valence-corrected chi connectivity index (χ1v) is 13.0. The number of aromatic nitrogens is 2. The van der Waals surface area contributed by atoms with Gasteiger partial charge in [0.2, 0.25) is 5.88 Å². The molecular formula is C24H27N5O3S. The lowest BCUT2D eigenvalue weighted by molar-refractivity contribution is 0.310. The summed E-state index contributed by atoms with van der Waals surface area (Å²) < 4.78 is 28.6. The number of fused-ring (bicyclic) bond motifs is 2. The molecule has 4 heterocycles. The van der Waals surface area contributed by atoms with Crippen LogP contribution in [-0.2, 0) is 28.6 Å². The average Bonchev–Trinajstić information content (AvgIpc) is 2.79. The van der Waals surface area contributed by atoms with E-state index in [0.29, 0.717) is 12.5 Å². The van der Waals surface area contributed by atoms with Gasteiger partial charge in [0.05, 0.1) is 17.6 Å². The van der Waals surface area contributed by atoms with Gasteiger partial charge in [0, 0.05) is 43.3 Å². The molecule has 172 valence electrons. The van der Waals surface area contributed by atoms with Crippen molar-refractivity contribution in [3.05, 3.63) is 65.0 Å². The third kappa shape index (κ3) is 4.73. The van der Waals surface area contributed by atoms with E-state index in [1.165, 1.54) is 17.4 Å². The first-order chi connectivity index (χ1) is 15.9. The molecule has 2 N–H and O–H groups in total. The van der Waals surface area contributed by atoms with E-state index in [1.54, 1.807) is 0 Å². The lowest BCUT2D eigenvalue weighted by atomic mass is 10.0. The molecule has 0 atom stereocenters. The Morgan fingerprint density at radius 2 is 1.97 bits per heavy atom. The van der Waals surface area contributed by atoms with Crippen LogP contribution in [-0.4, -0.2) is 44.3 Å². The molecular weight excluding hydrogens is 438 g/mol. The van der Waals surface area contributed by atoms with Crippen molar-refractivity contribution >= 4 is 32.7 Å². The molecule has 0 saturated carbocycles. The molecule has 33 heavy (non-hydrogen) atoms. The summed E-state index contributed by atoms with van der Waals surface area (Å²) in [5.74, 6) is 1.48. The fourth-order valence-corrected chi connectivity index (χ4v) is 5.17. The summed E-state index contributed by atoms with van der Waals surface area (Å²) in [6.07, 6.45) is 6.01. The number of nitrogens with zero attached hydrogens (tertiary/aromatic N) is 3. The number of hydrogen-bond donors (Lipinski definition) is 2. The summed E-state index contributed by atoms with van der Waals surface area (Å²) in [5, 5.41) is 6.75. The Balaban J connectivity index is 1.33. The molecule has 3 aromatic rings. The molecule has 2 aromatic heterocycles. The topological polar surface area (TPSA) is 96.5 Å². The Morgan fingerprint density at radius 3 is 2.76 bits per heavy atom. The number of ether oxygens (including phenoxy) is 1. The van der Waals surface area contributed by atoms with Gasteiger partial charge in [-0.1, -0.05) is 12.1 Å². The highest BCUT2D eigenvalue weighted by molar-refractivity contribution is 7.89. The number of sulfone groups is 1. The normalized spacial score (nSPS) is 15.2. The highest BCUT2D eigenvalue weighted by Gasteiger charge is 2.23. The smallest absolute Gasteiger partial charge is 0.237 e. The fraction of sp³-hybridized carbons (Fsp3) is 0.333. The zero-order chi connectivity index (χ0) is 23.0. The van der Waals surface area contributed by atoms with Crippen LogP contribution in [0.25, 0.3) is 0 Å². The maximum absolute atomic E-state index is 11.5. The summed E-state index contributed by atoms with van der Waals surface area (Å²) in [5.41, 5.74) is 7.38. The molecule has 9 heteroatoms. The first kappa shape index (κ1) is 21.5. The second-order valence-corrected chi connectivity index (χ2v) is 10.8. The lowest BCUT2D eigenvalue weighted by Gasteiger charge is -2.33. The van der Waals surface area contributed by atoms with Crippen molar-refractivity contribution in [3.8, 4) is 5.88 Å². The summed E-state index contributed by atoms with van der Waals surface area (Å²) in [6.45, 7) is 5.23. The van der Waals surface area contributed by atoms with Crippen molar-refractivity contribution in [2.45, 2.75) is 25.6 Å². The number of pyridine rings is 2. The highest BCUT2D eigenvalue weighted by atomic mass is 32.2. The minimum atomic E-state index is -3.05. The van der Waals surface area contributed by atoms with Gasteiger partial charge in [0.25, 0.3) is 0 Å². The third-order valence-electron chi connectivity index (χ3n) is 6.01. The molecule has 0 radical (unpaired) electrons. The number of nitrogens with one attached hydrogen (secondary N) is 2. The van der Waals surface area contributed by atoms with Crippen LogP contribution >= 0.6 is 0 Å². The van der Waals surface area contributed by atoms with Crippen molar-refractivity contribution in [3.63, 3.8) is 0 Å². The van der Waals surface area contributed by atoms with E-state index >= 15 is 0 Å². The van der Waals surface area contributed by atoms with E-state index in [2.05, 4.69) is 38.5 Å². The second-order valence-electron chi connectivity index (χ2n) is 8.63. The predicted molar refractivity (Wildman–Crippen MR) is 130 cm³/mol. The van der Waals surface area contributed by atoms with E-state index in [-0.39, 0.29) is 5.75 Å². The van der Waals surface area contributed by atoms with Crippen LogP contribution in [0, 0.1) is 6.92 Å². The molecule has 0 fully saturated rings. The van der Waals surface area contributed by atoms with Crippen LogP contribution in [0.3, 0.4) is 0 Å². The molecule has 8 nitrogen and oxygen atoms in total. The van der Waals surface area contributed by atoms with Crippen LogP contribution in [0.15, 0.2) is 42.7 Å². The number of benzene rings is 1. The Bertz CT molecular complexity index is 1290. The molecule has 1 aromatic carbocycles. The Kier molecular flexibility index (Phi) is 5.57. The molecule has 0 saturated heterocycles. The third-order valence-corrected chi connectivity index (χ3v) is 6.87. The summed E-state index contributed by atoms with van der Waals surface area (Å²) in [7, 11) is -3.05. The van der Waals surface area contributed by atoms with Gasteiger partial charge in [-0.3, -0.25) is 0 Å². The van der Waals surface area contributed by atoms with Crippen molar-refractivity contribution in [1.82, 2.24) is 9.97 Å². The van der Waals surface area contributed by atoms with Gasteiger partial charge in [-0.05, 0) is 48.2 Å². The van der Waals surface area contributed by atoms with E-state index in [4.69, 9.17) is 4.74 Å². The van der Waals surface area contributed by atoms with E-state index in [1.807, 2.05) is 36.7 Å². The standard InChI is InChI=1S/C24H27N5O3S/c1-16-21(13-27-24-23(16)25-8-10-32-24)29-9-7-18-12-26-22(11-19(18)14-29)28-20-5-3-17(4-6-20)15-33(2,30)31/h3-6,11-13,25H,7-10,14-15H2,1-2H3,(H,26,28). The minimum Gasteiger partial charge on any atom is -0.474 e. The highest BCUT2D eigenvalue weighted by Crippen LogP contribution is 2.36. The zero-order valence-corrected chi connectivity index (χ0v) is 19.6. The van der Waals surface area contributed by atoms with Crippen LogP contribution in [0.2, 0.25) is 0 Å². The summed E-state index contributed by atoms with van der Waals surface area (Å²) >= 11 is 0. The van der Waals surface area contributed by atoms with Gasteiger partial charge in [-0.15, -0.1) is 0 Å². The maximum Gasteiger partial charge on any atom is 0.237 e. The van der Waals surface area contributed by atoms with Gasteiger partial charge in [0.1, 0.15) is 18.1 Å². The molecule has 2 aliphatic rings. The summed E-state index contributed by atoms with van der Waals surface area (Å²) in [4.78, 5) is 11.5. The average molecular weight is 466 g/mol. The zero-order valence-electron chi connectivity index (χ0n) is 18.8. The van der Waals surface area contributed by atoms with Gasteiger partial charge < -0.3 is 20.3 Å². The molecule has 0 bridgehead atoms. The molecule has 0 amide bonds. The number of anilines is 4. The van der Waals surface area contributed by atoms with Crippen molar-refractivity contribution in [2.75, 3.05) is 41.5 Å². The van der Waals surface area contributed by atoms with Crippen LogP contribution in [0.1, 0.15) is 22.3 Å². The van der Waals surface area contributed by atoms with Crippen molar-refractivity contribution in [2.24, 2.45) is 0 Å². The molecule has 2 aliphatic heterocycles. The minimum absolute atomic E-state index is 0.0405. The van der Waals surface area contributed by atoms with Crippen molar-refractivity contribution in [1.29, 1.82) is 0 Å².